The molecule has 0 saturated heterocycles. The fourth-order valence-electron chi connectivity index (χ4n) is 5.78. The predicted molar refractivity (Wildman–Crippen MR) is 183 cm³/mol. The summed E-state index contributed by atoms with van der Waals surface area (Å²) in [6.45, 7) is 6.61. The topological polar surface area (TPSA) is 17.8 Å². The molecule has 1 aromatic heterocycles. The first-order valence-electron chi connectivity index (χ1n) is 14.6. The number of allylic oxidation sites excluding steroid dienone is 1. The van der Waals surface area contributed by atoms with Crippen LogP contribution in [0.4, 0.5) is 0 Å². The fourth-order valence-corrected chi connectivity index (χ4v) is 8.22. The Balaban J connectivity index is 0.000000171. The second-order valence-electron chi connectivity index (χ2n) is 10.6. The van der Waals surface area contributed by atoms with Crippen molar-refractivity contribution in [3.63, 3.8) is 0 Å². The van der Waals surface area contributed by atoms with Gasteiger partial charge in [-0.15, -0.1) is 6.58 Å². The van der Waals surface area contributed by atoms with Gasteiger partial charge in [-0.1, -0.05) is 181 Å². The molecule has 0 spiro atoms. The lowest BCUT2D eigenvalue weighted by molar-refractivity contribution is 0.588. The number of imidazole rings is 1. The molecule has 206 valence electrons. The quantitative estimate of drug-likeness (QED) is 0.157. The summed E-state index contributed by atoms with van der Waals surface area (Å²) in [6, 6.07) is 53.6. The van der Waals surface area contributed by atoms with Gasteiger partial charge in [0.15, 0.2) is 0 Å². The number of benzene rings is 5. The Kier molecular flexibility index (Phi) is 9.82. The minimum Gasteiger partial charge on any atom is -0.327 e. The van der Waals surface area contributed by atoms with E-state index in [-0.39, 0.29) is 5.16 Å². The van der Waals surface area contributed by atoms with Crippen molar-refractivity contribution in [1.29, 1.82) is 0 Å². The van der Waals surface area contributed by atoms with Crippen molar-refractivity contribution < 1.29 is 0 Å². The van der Waals surface area contributed by atoms with Gasteiger partial charge in [0.2, 0.25) is 6.71 Å². The van der Waals surface area contributed by atoms with Gasteiger partial charge in [0.1, 0.15) is 0 Å². The Labute approximate surface area is 253 Å². The Morgan fingerprint density at radius 1 is 0.643 bits per heavy atom. The Morgan fingerprint density at radius 2 is 1.02 bits per heavy atom. The van der Waals surface area contributed by atoms with Crippen molar-refractivity contribution in [3.05, 3.63) is 194 Å². The van der Waals surface area contributed by atoms with Crippen LogP contribution in [0.15, 0.2) is 183 Å². The molecule has 0 aliphatic rings. The summed E-state index contributed by atoms with van der Waals surface area (Å²) in [5, 5.41) is -0.146. The van der Waals surface area contributed by atoms with Crippen LogP contribution in [0.3, 0.4) is 0 Å². The van der Waals surface area contributed by atoms with Crippen LogP contribution < -0.4 is 16.4 Å². The highest BCUT2D eigenvalue weighted by Crippen LogP contribution is 2.36. The molecule has 4 heteroatoms. The van der Waals surface area contributed by atoms with Gasteiger partial charge in [-0.25, -0.2) is 4.98 Å². The molecule has 1 atom stereocenters. The maximum atomic E-state index is 4.33. The Hall–Kier alpha value is -4.67. The van der Waals surface area contributed by atoms with Crippen molar-refractivity contribution >= 4 is 32.6 Å². The first-order valence-corrected chi connectivity index (χ1v) is 16.1. The lowest BCUT2D eigenvalue weighted by Gasteiger charge is -2.38. The van der Waals surface area contributed by atoms with E-state index < -0.39 is 9.52 Å². The zero-order chi connectivity index (χ0) is 29.0. The van der Waals surface area contributed by atoms with Gasteiger partial charge in [0, 0.05) is 12.4 Å². The van der Waals surface area contributed by atoms with Crippen LogP contribution in [0.25, 0.3) is 0 Å². The molecule has 0 bridgehead atoms. The first-order chi connectivity index (χ1) is 20.7. The minimum atomic E-state index is -0.618. The maximum Gasteiger partial charge on any atom is 0.241 e. The van der Waals surface area contributed by atoms with E-state index in [2.05, 4.69) is 187 Å². The average Bonchev–Trinajstić information content (AvgIpc) is 3.62. The molecular formula is C38H37BN2Si. The van der Waals surface area contributed by atoms with Crippen LogP contribution in [0, 0.1) is 0 Å². The van der Waals surface area contributed by atoms with Gasteiger partial charge in [0.05, 0.1) is 21.0 Å². The van der Waals surface area contributed by atoms with Crippen molar-refractivity contribution in [2.24, 2.45) is 0 Å². The van der Waals surface area contributed by atoms with Crippen LogP contribution in [0.5, 0.6) is 0 Å². The molecule has 0 N–H and O–H groups in total. The minimum absolute atomic E-state index is 0.146. The normalized spacial score (nSPS) is 11.8. The molecule has 0 amide bonds. The van der Waals surface area contributed by atoms with Crippen LogP contribution in [0.2, 0.25) is 5.54 Å². The molecule has 0 saturated carbocycles. The highest BCUT2D eigenvalue weighted by Gasteiger charge is 2.37. The number of nitrogens with zero attached hydrogens (tertiary/aromatic N) is 2. The van der Waals surface area contributed by atoms with E-state index in [1.807, 2.05) is 12.5 Å². The van der Waals surface area contributed by atoms with Crippen LogP contribution in [-0.2, 0) is 5.16 Å². The average molecular weight is 561 g/mol. The molecule has 0 aliphatic carbocycles. The SMILES string of the molecule is C=CC(C)[SiH2]C(c1ccccc1)(c1ccccc1)n1ccnc1.c1ccc(B(c2ccccc2)c2ccccc2)cc1. The van der Waals surface area contributed by atoms with Crippen molar-refractivity contribution in [1.82, 2.24) is 9.55 Å². The number of rotatable bonds is 9. The van der Waals surface area contributed by atoms with Gasteiger partial charge in [-0.3, -0.25) is 0 Å². The highest BCUT2D eigenvalue weighted by molar-refractivity contribution is 6.95. The summed E-state index contributed by atoms with van der Waals surface area (Å²) < 4.78 is 2.28. The maximum absolute atomic E-state index is 4.33. The lowest BCUT2D eigenvalue weighted by atomic mass is 9.37. The van der Waals surface area contributed by atoms with Gasteiger partial charge in [-0.05, 0) is 16.7 Å². The van der Waals surface area contributed by atoms with Crippen LogP contribution in [-0.4, -0.2) is 25.8 Å². The van der Waals surface area contributed by atoms with Gasteiger partial charge >= 0.3 is 0 Å². The van der Waals surface area contributed by atoms with Crippen LogP contribution in [0.1, 0.15) is 18.1 Å². The van der Waals surface area contributed by atoms with E-state index in [0.29, 0.717) is 12.3 Å². The molecule has 1 heterocycles. The third-order valence-corrected chi connectivity index (χ3v) is 10.6. The predicted octanol–water partition coefficient (Wildman–Crippen LogP) is 6.00. The van der Waals surface area contributed by atoms with Gasteiger partial charge in [-0.2, -0.15) is 0 Å². The molecule has 6 rings (SSSR count). The van der Waals surface area contributed by atoms with Gasteiger partial charge in [0.25, 0.3) is 0 Å². The second kappa shape index (κ2) is 14.3. The molecule has 6 aromatic rings. The standard InChI is InChI=1S/C20H22N2Si.C18H15B/c1-3-17(2)23-20(22-15-14-21-16-22,18-10-6-4-7-11-18)19-12-8-5-9-13-19;1-4-10-16(11-5-1)19(17-12-6-2-7-13-17)18-14-8-3-9-15-18/h3-17H,1,23H2,2H3;1-15H. The molecule has 2 nitrogen and oxygen atoms in total. The smallest absolute Gasteiger partial charge is 0.241 e. The van der Waals surface area contributed by atoms with E-state index in [4.69, 9.17) is 0 Å². The summed E-state index contributed by atoms with van der Waals surface area (Å²) in [5.74, 6) is 0. The first kappa shape index (κ1) is 28.8. The summed E-state index contributed by atoms with van der Waals surface area (Å²) in [7, 11) is -0.618. The number of hydrogen-bond donors (Lipinski definition) is 0. The highest BCUT2D eigenvalue weighted by atomic mass is 28.2. The molecular weight excluding hydrogens is 523 g/mol. The van der Waals surface area contributed by atoms with E-state index >= 15 is 0 Å². The Morgan fingerprint density at radius 3 is 1.36 bits per heavy atom. The largest absolute Gasteiger partial charge is 0.327 e. The van der Waals surface area contributed by atoms with Crippen LogP contribution >= 0.6 is 0 Å². The third-order valence-electron chi connectivity index (χ3n) is 7.87. The second-order valence-corrected chi connectivity index (χ2v) is 13.4. The molecule has 0 radical (unpaired) electrons. The fraction of sp³-hybridized carbons (Fsp3) is 0.0789. The zero-order valence-electron chi connectivity index (χ0n) is 24.2. The molecule has 0 fully saturated rings. The van der Waals surface area contributed by atoms with E-state index in [1.54, 1.807) is 0 Å². The van der Waals surface area contributed by atoms with Crippen molar-refractivity contribution in [2.45, 2.75) is 17.6 Å². The Bertz CT molecular complexity index is 1470. The molecule has 42 heavy (non-hydrogen) atoms. The lowest BCUT2D eigenvalue weighted by Crippen LogP contribution is -2.51. The molecule has 5 aromatic carbocycles. The zero-order valence-corrected chi connectivity index (χ0v) is 25.6. The number of aromatic nitrogens is 2. The summed E-state index contributed by atoms with van der Waals surface area (Å²) in [4.78, 5) is 4.33. The van der Waals surface area contributed by atoms with E-state index in [1.165, 1.54) is 27.5 Å². The summed E-state index contributed by atoms with van der Waals surface area (Å²) in [6.07, 6.45) is 7.99. The summed E-state index contributed by atoms with van der Waals surface area (Å²) >= 11 is 0. The third kappa shape index (κ3) is 6.62. The van der Waals surface area contributed by atoms with Crippen molar-refractivity contribution in [2.75, 3.05) is 0 Å². The molecule has 1 unspecified atom stereocenters. The molecule has 0 aliphatic heterocycles. The van der Waals surface area contributed by atoms with Crippen molar-refractivity contribution in [3.8, 4) is 0 Å². The van der Waals surface area contributed by atoms with E-state index in [0.717, 1.165) is 0 Å². The van der Waals surface area contributed by atoms with Gasteiger partial charge < -0.3 is 4.57 Å². The van der Waals surface area contributed by atoms with E-state index in [9.17, 15) is 0 Å². The monoisotopic (exact) mass is 560 g/mol. The summed E-state index contributed by atoms with van der Waals surface area (Å²) in [5.41, 5.74) is 7.16. The number of hydrogen-bond acceptors (Lipinski definition) is 1.